The van der Waals surface area contributed by atoms with E-state index in [0.717, 1.165) is 12.1 Å². The van der Waals surface area contributed by atoms with Crippen molar-refractivity contribution in [2.75, 3.05) is 37.4 Å². The third-order valence-electron chi connectivity index (χ3n) is 13.0. The number of nitrogens with two attached hydrogens (primary N) is 2. The normalized spacial score (nSPS) is 13.5. The lowest BCUT2D eigenvalue weighted by molar-refractivity contribution is -0.137. The molecule has 7 rings (SSSR count). The molecular weight excluding hydrogens is 1100 g/mol. The zero-order valence-corrected chi connectivity index (χ0v) is 45.8. The molecule has 1 atom stereocenters. The number of halogens is 1. The number of unbranched alkanes of at least 4 members (excludes halogenated alkanes) is 3. The number of hydrogen-bond donors (Lipinski definition) is 8. The maximum Gasteiger partial charge on any atom is 0.336 e. The van der Waals surface area contributed by atoms with Crippen molar-refractivity contribution in [2.24, 2.45) is 0 Å². The number of nitrogen functional groups attached to an aromatic ring is 1. The fraction of sp³-hybridized carbons (Fsp3) is 0.273. The smallest absolute Gasteiger partial charge is 0.336 e. The summed E-state index contributed by atoms with van der Waals surface area (Å²) in [6.45, 7) is 6.17. The summed E-state index contributed by atoms with van der Waals surface area (Å²) < 4.78 is 92.2. The number of carbonyl (C=O) groups excluding carboxylic acids is 2. The van der Waals surface area contributed by atoms with Crippen LogP contribution >= 0.6 is 11.6 Å². The molecule has 0 spiro atoms. The fourth-order valence-corrected chi connectivity index (χ4v) is 11.5. The van der Waals surface area contributed by atoms with E-state index < -0.39 is 95.3 Å². The van der Waals surface area contributed by atoms with Gasteiger partial charge in [0.25, 0.3) is 11.5 Å². The maximum absolute atomic E-state index is 14.3. The molecule has 80 heavy (non-hydrogen) atoms. The molecular formula is C55H57ClN6O16S2. The molecule has 2 aliphatic rings. The first kappa shape index (κ1) is 59.4. The lowest BCUT2D eigenvalue weighted by Gasteiger charge is -2.30. The number of anilines is 2. The molecule has 0 aliphatic heterocycles. The predicted molar refractivity (Wildman–Crippen MR) is 295 cm³/mol. The zero-order valence-electron chi connectivity index (χ0n) is 43.5. The van der Waals surface area contributed by atoms with Crippen molar-refractivity contribution < 1.29 is 75.0 Å². The average Bonchev–Trinajstić information content (AvgIpc) is 3.55. The van der Waals surface area contributed by atoms with E-state index in [1.54, 1.807) is 69.4 Å². The number of amides is 3. The van der Waals surface area contributed by atoms with Gasteiger partial charge in [0, 0.05) is 52.6 Å². The predicted octanol–water partition coefficient (Wildman–Crippen LogP) is 5.82. The van der Waals surface area contributed by atoms with Gasteiger partial charge < -0.3 is 55.2 Å². The molecule has 4 aromatic carbocycles. The topological polar surface area (TPSA) is 358 Å². The monoisotopic (exact) mass is 1160 g/mol. The molecule has 422 valence electrons. The summed E-state index contributed by atoms with van der Waals surface area (Å²) in [4.78, 5) is 64.9. The number of carboxylic acid groups (broad SMARTS) is 2. The van der Waals surface area contributed by atoms with Gasteiger partial charge in [0.2, 0.25) is 5.71 Å². The number of hydrogen-bond acceptors (Lipinski definition) is 14. The van der Waals surface area contributed by atoms with Crippen molar-refractivity contribution in [3.05, 3.63) is 167 Å². The van der Waals surface area contributed by atoms with E-state index in [4.69, 9.17) is 37.0 Å². The highest BCUT2D eigenvalue weighted by Gasteiger charge is 2.38. The number of benzene rings is 4. The summed E-state index contributed by atoms with van der Waals surface area (Å²) in [7, 11) is -10.4. The Hall–Kier alpha value is -8.29. The van der Waals surface area contributed by atoms with Crippen LogP contribution in [0.4, 0.5) is 16.2 Å². The highest BCUT2D eigenvalue weighted by atomic mass is 35.5. The Bertz CT molecular complexity index is 3720. The molecule has 1 heterocycles. The molecule has 0 unspecified atom stereocenters. The summed E-state index contributed by atoms with van der Waals surface area (Å²) in [5.74, 6) is -2.35. The van der Waals surface area contributed by atoms with Gasteiger partial charge in [-0.1, -0.05) is 54.8 Å². The van der Waals surface area contributed by atoms with Crippen LogP contribution in [0.2, 0.25) is 5.02 Å². The number of rotatable bonds is 24. The van der Waals surface area contributed by atoms with Gasteiger partial charge in [-0.3, -0.25) is 24.3 Å². The number of aryl methyl sites for hydroxylation is 1. The Labute approximate surface area is 464 Å². The molecule has 22 nitrogen and oxygen atoms in total. The number of aromatic nitrogens is 1. The van der Waals surface area contributed by atoms with E-state index in [-0.39, 0.29) is 70.1 Å². The summed E-state index contributed by atoms with van der Waals surface area (Å²) in [5, 5.41) is 34.7. The van der Waals surface area contributed by atoms with Gasteiger partial charge in [-0.05, 0) is 121 Å². The minimum Gasteiger partial charge on any atom is -0.744 e. The number of nitrogens with one attached hydrogen (secondary N) is 3. The number of nitrogens with zero attached hydrogens (tertiary/aromatic N) is 1. The van der Waals surface area contributed by atoms with Crippen molar-refractivity contribution in [3.63, 3.8) is 0 Å². The molecule has 25 heteroatoms. The molecule has 5 aromatic rings. The Morgan fingerprint density at radius 3 is 2.30 bits per heavy atom. The van der Waals surface area contributed by atoms with Gasteiger partial charge in [-0.25, -0.2) is 18.0 Å². The van der Waals surface area contributed by atoms with Gasteiger partial charge >= 0.3 is 28.1 Å². The summed E-state index contributed by atoms with van der Waals surface area (Å²) in [6.07, 6.45) is 5.13. The molecule has 0 bridgehead atoms. The third-order valence-corrected chi connectivity index (χ3v) is 15.3. The number of carbonyl (C=O) groups is 4. The Morgan fingerprint density at radius 2 is 1.61 bits per heavy atom. The van der Waals surface area contributed by atoms with Gasteiger partial charge in [-0.15, -0.1) is 0 Å². The fourth-order valence-electron chi connectivity index (χ4n) is 9.54. The third kappa shape index (κ3) is 13.6. The van der Waals surface area contributed by atoms with Crippen LogP contribution in [0.5, 0.6) is 17.2 Å². The number of pyridine rings is 1. The molecule has 0 fully saturated rings. The number of fused-ring (bicyclic) bond motifs is 2. The first-order valence-electron chi connectivity index (χ1n) is 25.0. The number of allylic oxidation sites excluding steroid dienone is 5. The second-order valence-corrected chi connectivity index (χ2v) is 21.5. The van der Waals surface area contributed by atoms with Crippen molar-refractivity contribution >= 4 is 78.4 Å². The van der Waals surface area contributed by atoms with Crippen LogP contribution < -0.4 is 46.9 Å². The SMILES string of the molecule is CCOc1cccc([C@H](CC(=O)O)NC(=O)Nc2c(OCCCCCCNC(=O)c3ccc(C4=C5C=CC(=[NH2+])C(S(=O)(=O)O)=C5Cc5c4ccc(N)c5S(=O)(=O)[O-])c(C(=O)O)c3)c(C)cn(Cc3c(Cl)cccc3OCC)c2=O)c1. The van der Waals surface area contributed by atoms with Gasteiger partial charge in [0.05, 0.1) is 49.3 Å². The van der Waals surface area contributed by atoms with Crippen LogP contribution in [0.15, 0.2) is 117 Å². The minimum absolute atomic E-state index is 0.0322. The first-order chi connectivity index (χ1) is 37.9. The van der Waals surface area contributed by atoms with Crippen molar-refractivity contribution in [2.45, 2.75) is 76.8 Å². The van der Waals surface area contributed by atoms with E-state index in [0.29, 0.717) is 72.1 Å². The molecule has 0 radical (unpaired) electrons. The van der Waals surface area contributed by atoms with E-state index in [1.807, 2.05) is 0 Å². The van der Waals surface area contributed by atoms with E-state index in [9.17, 15) is 60.1 Å². The standard InChI is InChI=1S/C55H57ClN6O16S2/c1-4-76-33-13-10-12-31(24-33)44(27-46(63)64)60-55(69)61-48-49(30(3)28-62(53(48)66)29-40-41(56)14-11-15-45(40)77-5-2)78-23-9-7-6-8-22-59-52(65)32-16-17-36(39(25-32)54(67)68)47-34-18-20-42(57)50(79(70,71)72)37(34)26-38-35(47)19-21-43(58)51(38)80(73,74)75/h10-21,24-25,28,44,57H,4-9,22-23,26-27,29,58H2,1-3H3,(H,59,65)(H,63,64)(H,67,68)(H2,60,61,69)(H,70,71,72)(H,73,74,75)/t44-/m0/s1. The van der Waals surface area contributed by atoms with Crippen LogP contribution in [-0.4, -0.2) is 96.7 Å². The lowest BCUT2D eigenvalue weighted by atomic mass is 9.76. The maximum atomic E-state index is 14.3. The molecule has 3 amide bonds. The average molecular weight is 1160 g/mol. The van der Waals surface area contributed by atoms with Crippen LogP contribution in [0.1, 0.15) is 106 Å². The van der Waals surface area contributed by atoms with E-state index >= 15 is 0 Å². The first-order valence-corrected chi connectivity index (χ1v) is 28.2. The zero-order chi connectivity index (χ0) is 58.2. The van der Waals surface area contributed by atoms with Crippen LogP contribution in [0.3, 0.4) is 0 Å². The number of ether oxygens (including phenoxy) is 3. The lowest BCUT2D eigenvalue weighted by Crippen LogP contribution is -2.43. The van der Waals surface area contributed by atoms with Crippen molar-refractivity contribution in [3.8, 4) is 17.2 Å². The molecule has 2 aliphatic carbocycles. The van der Waals surface area contributed by atoms with Crippen molar-refractivity contribution in [1.29, 1.82) is 0 Å². The molecule has 0 saturated heterocycles. The van der Waals surface area contributed by atoms with Crippen LogP contribution in [0.25, 0.3) is 5.57 Å². The van der Waals surface area contributed by atoms with E-state index in [2.05, 4.69) is 16.0 Å². The summed E-state index contributed by atoms with van der Waals surface area (Å²) in [5.41, 5.74) is 4.63. The largest absolute Gasteiger partial charge is 0.744 e. The number of aliphatic carboxylic acids is 1. The number of carboxylic acids is 2. The van der Waals surface area contributed by atoms with Gasteiger partial charge in [0.1, 0.15) is 21.6 Å². The van der Waals surface area contributed by atoms with Gasteiger partial charge in [0.15, 0.2) is 16.3 Å². The molecule has 1 aromatic heterocycles. The Morgan fingerprint density at radius 1 is 0.900 bits per heavy atom. The Balaban J connectivity index is 1.05. The Kier molecular flexibility index (Phi) is 18.7. The van der Waals surface area contributed by atoms with E-state index in [1.165, 1.54) is 34.9 Å². The summed E-state index contributed by atoms with van der Waals surface area (Å²) >= 11 is 6.59. The molecule has 0 saturated carbocycles. The minimum atomic E-state index is -5.31. The van der Waals surface area contributed by atoms with Crippen molar-refractivity contribution in [1.82, 2.24) is 15.2 Å². The number of aromatic carboxylic acids is 1. The second kappa shape index (κ2) is 25.2. The highest BCUT2D eigenvalue weighted by Crippen LogP contribution is 2.46. The molecule has 10 N–H and O–H groups in total. The van der Waals surface area contributed by atoms with Crippen LogP contribution in [-0.2, 0) is 38.0 Å². The number of urea groups is 1. The van der Waals surface area contributed by atoms with Gasteiger partial charge in [-0.2, -0.15) is 8.42 Å². The van der Waals surface area contributed by atoms with Crippen LogP contribution in [0, 0.1) is 6.92 Å². The quantitative estimate of drug-likeness (QED) is 0.0205. The highest BCUT2D eigenvalue weighted by molar-refractivity contribution is 7.91. The second-order valence-electron chi connectivity index (χ2n) is 18.4. The summed E-state index contributed by atoms with van der Waals surface area (Å²) in [6, 6.07) is 16.0.